The van der Waals surface area contributed by atoms with E-state index in [0.717, 1.165) is 0 Å². The Kier molecular flexibility index (Phi) is 5.44. The molecular formula is C18H14CuO5. The Labute approximate surface area is 148 Å². The average molecular weight is 374 g/mol. The summed E-state index contributed by atoms with van der Waals surface area (Å²) in [6, 6.07) is 11.7. The molecule has 0 fully saturated rings. The van der Waals surface area contributed by atoms with Crippen molar-refractivity contribution in [2.24, 2.45) is 0 Å². The van der Waals surface area contributed by atoms with E-state index in [1.165, 1.54) is 6.26 Å². The van der Waals surface area contributed by atoms with Gasteiger partial charge >= 0.3 is 5.97 Å². The van der Waals surface area contributed by atoms with E-state index in [-0.39, 0.29) is 29.3 Å². The molecule has 1 N–H and O–H groups in total. The zero-order chi connectivity index (χ0) is 16.4. The van der Waals surface area contributed by atoms with Gasteiger partial charge in [0, 0.05) is 28.0 Å². The number of aliphatic carboxylic acids is 1. The van der Waals surface area contributed by atoms with Crippen molar-refractivity contribution >= 4 is 22.7 Å². The van der Waals surface area contributed by atoms with Crippen molar-refractivity contribution in [2.75, 3.05) is 7.11 Å². The summed E-state index contributed by atoms with van der Waals surface area (Å²) in [5.74, 6) is -0.514. The summed E-state index contributed by atoms with van der Waals surface area (Å²) >= 11 is 0. The van der Waals surface area contributed by atoms with Crippen molar-refractivity contribution in [2.45, 2.75) is 6.42 Å². The van der Waals surface area contributed by atoms with Crippen molar-refractivity contribution in [1.29, 1.82) is 0 Å². The molecule has 3 rings (SSSR count). The van der Waals surface area contributed by atoms with Crippen molar-refractivity contribution in [3.63, 3.8) is 0 Å². The SMILES string of the molecule is COc1ccc(C(=O)c2cc(CC(=O)O)cc3ccoc23)cc1.[Cu]. The van der Waals surface area contributed by atoms with E-state index in [2.05, 4.69) is 0 Å². The summed E-state index contributed by atoms with van der Waals surface area (Å²) in [6.07, 6.45) is 1.34. The van der Waals surface area contributed by atoms with Crippen LogP contribution < -0.4 is 4.74 Å². The van der Waals surface area contributed by atoms with Gasteiger partial charge < -0.3 is 14.3 Å². The molecule has 0 aliphatic carbocycles. The molecule has 6 heteroatoms. The molecule has 1 heterocycles. The molecule has 0 aliphatic heterocycles. The molecule has 0 unspecified atom stereocenters. The van der Waals surface area contributed by atoms with Crippen molar-refractivity contribution in [1.82, 2.24) is 0 Å². The number of benzene rings is 2. The van der Waals surface area contributed by atoms with Crippen LogP contribution in [-0.4, -0.2) is 24.0 Å². The minimum absolute atomic E-state index is 0. The Balaban J connectivity index is 0.00000208. The number of hydrogen-bond donors (Lipinski definition) is 1. The molecule has 0 amide bonds. The fourth-order valence-electron chi connectivity index (χ4n) is 2.49. The van der Waals surface area contributed by atoms with Crippen LogP contribution in [0.3, 0.4) is 0 Å². The monoisotopic (exact) mass is 373 g/mol. The van der Waals surface area contributed by atoms with Crippen molar-refractivity contribution in [3.05, 3.63) is 65.4 Å². The summed E-state index contributed by atoms with van der Waals surface area (Å²) in [4.78, 5) is 23.7. The Morgan fingerprint density at radius 3 is 2.46 bits per heavy atom. The normalized spacial score (nSPS) is 10.2. The van der Waals surface area contributed by atoms with E-state index in [9.17, 15) is 9.59 Å². The molecule has 24 heavy (non-hydrogen) atoms. The third-order valence-electron chi connectivity index (χ3n) is 3.56. The van der Waals surface area contributed by atoms with E-state index < -0.39 is 5.97 Å². The summed E-state index contributed by atoms with van der Waals surface area (Å²) in [6.45, 7) is 0. The fourth-order valence-corrected chi connectivity index (χ4v) is 2.49. The first kappa shape index (κ1) is 17.8. The second kappa shape index (κ2) is 7.34. The molecular weight excluding hydrogens is 360 g/mol. The Bertz CT molecular complexity index is 880. The number of hydrogen-bond acceptors (Lipinski definition) is 4. The van der Waals surface area contributed by atoms with Gasteiger partial charge in [-0.15, -0.1) is 0 Å². The summed E-state index contributed by atoms with van der Waals surface area (Å²) in [5, 5.41) is 9.68. The zero-order valence-corrected chi connectivity index (χ0v) is 13.6. The van der Waals surface area contributed by atoms with E-state index in [0.29, 0.717) is 33.4 Å². The largest absolute Gasteiger partial charge is 0.497 e. The van der Waals surface area contributed by atoms with Crippen LogP contribution in [0.2, 0.25) is 0 Å². The molecule has 5 nitrogen and oxygen atoms in total. The Morgan fingerprint density at radius 1 is 1.12 bits per heavy atom. The average Bonchev–Trinajstić information content (AvgIpc) is 3.01. The predicted octanol–water partition coefficient (Wildman–Crippen LogP) is 3.30. The number of furan rings is 1. The van der Waals surface area contributed by atoms with Gasteiger partial charge in [0.1, 0.15) is 11.3 Å². The Morgan fingerprint density at radius 2 is 1.83 bits per heavy atom. The van der Waals surface area contributed by atoms with Gasteiger partial charge in [0.25, 0.3) is 0 Å². The molecule has 0 saturated heterocycles. The quantitative estimate of drug-likeness (QED) is 0.548. The number of carbonyl (C=O) groups excluding carboxylic acids is 1. The maximum atomic E-state index is 12.7. The standard InChI is InChI=1S/C18H14O5.Cu/c1-22-14-4-2-12(3-5-14)17(21)15-9-11(10-16(19)20)8-13-6-7-23-18(13)15;/h2-9H,10H2,1H3,(H,19,20);. The number of carbonyl (C=O) groups is 2. The van der Waals surface area contributed by atoms with Gasteiger partial charge in [-0.3, -0.25) is 9.59 Å². The van der Waals surface area contributed by atoms with Crippen LogP contribution in [0.4, 0.5) is 0 Å². The minimum Gasteiger partial charge on any atom is -0.497 e. The summed E-state index contributed by atoms with van der Waals surface area (Å²) in [5.41, 5.74) is 1.85. The molecule has 2 aromatic carbocycles. The second-order valence-corrected chi connectivity index (χ2v) is 5.11. The third-order valence-corrected chi connectivity index (χ3v) is 3.56. The molecule has 0 saturated carbocycles. The maximum Gasteiger partial charge on any atom is 0.307 e. The first-order valence-corrected chi connectivity index (χ1v) is 6.99. The van der Waals surface area contributed by atoms with E-state index in [1.54, 1.807) is 49.6 Å². The van der Waals surface area contributed by atoms with Crippen LogP contribution in [0.25, 0.3) is 11.0 Å². The van der Waals surface area contributed by atoms with Gasteiger partial charge in [-0.25, -0.2) is 0 Å². The molecule has 0 spiro atoms. The number of ether oxygens (including phenoxy) is 1. The van der Waals surface area contributed by atoms with E-state index in [4.69, 9.17) is 14.3 Å². The van der Waals surface area contributed by atoms with Crippen LogP contribution in [-0.2, 0) is 28.3 Å². The van der Waals surface area contributed by atoms with Gasteiger partial charge in [-0.05, 0) is 48.0 Å². The number of rotatable bonds is 5. The molecule has 0 bridgehead atoms. The van der Waals surface area contributed by atoms with Crippen LogP contribution in [0.5, 0.6) is 5.75 Å². The molecule has 1 aromatic heterocycles. The first-order valence-electron chi connectivity index (χ1n) is 6.99. The number of fused-ring (bicyclic) bond motifs is 1. The molecule has 127 valence electrons. The van der Waals surface area contributed by atoms with Gasteiger partial charge in [-0.2, -0.15) is 0 Å². The number of methoxy groups -OCH3 is 1. The van der Waals surface area contributed by atoms with Gasteiger partial charge in [-0.1, -0.05) is 0 Å². The summed E-state index contributed by atoms with van der Waals surface area (Å²) < 4.78 is 10.5. The number of carboxylic acids is 1. The van der Waals surface area contributed by atoms with Crippen LogP contribution >= 0.6 is 0 Å². The van der Waals surface area contributed by atoms with Gasteiger partial charge in [0.2, 0.25) is 0 Å². The van der Waals surface area contributed by atoms with Crippen LogP contribution in [0, 0.1) is 0 Å². The molecule has 3 aromatic rings. The summed E-state index contributed by atoms with van der Waals surface area (Å²) in [7, 11) is 1.55. The number of ketones is 1. The maximum absolute atomic E-state index is 12.7. The third kappa shape index (κ3) is 3.50. The smallest absolute Gasteiger partial charge is 0.307 e. The topological polar surface area (TPSA) is 76.7 Å². The zero-order valence-electron chi connectivity index (χ0n) is 12.7. The van der Waals surface area contributed by atoms with Gasteiger partial charge in [0.05, 0.1) is 25.4 Å². The second-order valence-electron chi connectivity index (χ2n) is 5.11. The fraction of sp³-hybridized carbons (Fsp3) is 0.111. The van der Waals surface area contributed by atoms with Gasteiger partial charge in [0.15, 0.2) is 5.78 Å². The minimum atomic E-state index is -0.948. The van der Waals surface area contributed by atoms with E-state index >= 15 is 0 Å². The number of carboxylic acid groups (broad SMARTS) is 1. The van der Waals surface area contributed by atoms with Crippen LogP contribution in [0.15, 0.2) is 53.1 Å². The van der Waals surface area contributed by atoms with Crippen LogP contribution in [0.1, 0.15) is 21.5 Å². The molecule has 1 radical (unpaired) electrons. The molecule has 0 aliphatic rings. The molecule has 0 atom stereocenters. The van der Waals surface area contributed by atoms with Crippen molar-refractivity contribution in [3.8, 4) is 5.75 Å². The first-order chi connectivity index (χ1) is 11.1. The van der Waals surface area contributed by atoms with E-state index in [1.807, 2.05) is 0 Å². The Hall–Kier alpha value is -2.56. The predicted molar refractivity (Wildman–Crippen MR) is 84.0 cm³/mol. The van der Waals surface area contributed by atoms with Crippen molar-refractivity contribution < 1.29 is 40.9 Å².